The van der Waals surface area contributed by atoms with Crippen LogP contribution in [0.15, 0.2) is 60.7 Å². The van der Waals surface area contributed by atoms with Gasteiger partial charge in [-0.3, -0.25) is 0 Å². The second kappa shape index (κ2) is 11.3. The van der Waals surface area contributed by atoms with E-state index in [0.29, 0.717) is 5.56 Å². The van der Waals surface area contributed by atoms with E-state index in [-0.39, 0.29) is 5.56 Å². The molecule has 8 heteroatoms. The summed E-state index contributed by atoms with van der Waals surface area (Å²) in [7, 11) is 0. The predicted octanol–water partition coefficient (Wildman–Crippen LogP) is 3.34. The Morgan fingerprint density at radius 2 is 1.34 bits per heavy atom. The number of nitrogens with one attached hydrogen (secondary N) is 1. The normalized spacial score (nSPS) is 13.9. The number of hydrogen-bond donors (Lipinski definition) is 2. The van der Waals surface area contributed by atoms with Crippen LogP contribution in [0, 0.1) is 0 Å². The quantitative estimate of drug-likeness (QED) is 0.475. The lowest BCUT2D eigenvalue weighted by Crippen LogP contribution is -2.53. The van der Waals surface area contributed by atoms with Crippen molar-refractivity contribution in [1.82, 2.24) is 5.32 Å². The van der Waals surface area contributed by atoms with E-state index in [1.165, 1.54) is 6.92 Å². The number of alkyl carbamates (subject to hydrolysis) is 1. The van der Waals surface area contributed by atoms with Crippen LogP contribution in [-0.2, 0) is 14.2 Å². The summed E-state index contributed by atoms with van der Waals surface area (Å²) >= 11 is 0. The summed E-state index contributed by atoms with van der Waals surface area (Å²) in [4.78, 5) is 37.4. The van der Waals surface area contributed by atoms with E-state index in [1.807, 2.05) is 0 Å². The van der Waals surface area contributed by atoms with Gasteiger partial charge in [-0.15, -0.1) is 0 Å². The van der Waals surface area contributed by atoms with Crippen molar-refractivity contribution >= 4 is 18.0 Å². The summed E-state index contributed by atoms with van der Waals surface area (Å²) < 4.78 is 16.3. The second-order valence-corrected chi connectivity index (χ2v) is 8.15. The minimum Gasteiger partial charge on any atom is -0.455 e. The first-order valence-corrected chi connectivity index (χ1v) is 10.2. The Morgan fingerprint density at radius 3 is 1.78 bits per heavy atom. The highest BCUT2D eigenvalue weighted by Gasteiger charge is 2.35. The Kier molecular flexibility index (Phi) is 8.78. The third-order valence-electron chi connectivity index (χ3n) is 4.31. The van der Waals surface area contributed by atoms with Crippen molar-refractivity contribution in [3.63, 3.8) is 0 Å². The topological polar surface area (TPSA) is 111 Å². The first kappa shape index (κ1) is 24.9. The molecule has 0 saturated carbocycles. The van der Waals surface area contributed by atoms with Crippen LogP contribution in [0.5, 0.6) is 0 Å². The van der Waals surface area contributed by atoms with Gasteiger partial charge in [-0.05, 0) is 52.0 Å². The number of esters is 2. The minimum absolute atomic E-state index is 0.271. The zero-order valence-corrected chi connectivity index (χ0v) is 18.6. The molecule has 0 spiro atoms. The molecule has 0 aromatic heterocycles. The summed E-state index contributed by atoms with van der Waals surface area (Å²) in [6.07, 6.45) is -2.99. The van der Waals surface area contributed by atoms with Crippen LogP contribution < -0.4 is 5.32 Å². The maximum atomic E-state index is 12.7. The number of amides is 1. The zero-order chi connectivity index (χ0) is 23.7. The first-order valence-electron chi connectivity index (χ1n) is 10.2. The lowest BCUT2D eigenvalue weighted by atomic mass is 10.1. The average molecular weight is 443 g/mol. The fourth-order valence-electron chi connectivity index (χ4n) is 2.84. The third kappa shape index (κ3) is 7.70. The van der Waals surface area contributed by atoms with Crippen molar-refractivity contribution in [3.8, 4) is 0 Å². The van der Waals surface area contributed by atoms with E-state index in [0.717, 1.165) is 0 Å². The van der Waals surface area contributed by atoms with Crippen molar-refractivity contribution in [2.24, 2.45) is 0 Å². The van der Waals surface area contributed by atoms with Crippen LogP contribution in [0.25, 0.3) is 0 Å². The number of carbonyl (C=O) groups is 3. The maximum absolute atomic E-state index is 12.7. The summed E-state index contributed by atoms with van der Waals surface area (Å²) in [6, 6.07) is 15.5. The molecule has 0 fully saturated rings. The molecule has 0 radical (unpaired) electrons. The van der Waals surface area contributed by atoms with Crippen molar-refractivity contribution in [3.05, 3.63) is 71.8 Å². The number of carbonyl (C=O) groups excluding carboxylic acids is 3. The highest BCUT2D eigenvalue weighted by molar-refractivity contribution is 5.90. The standard InChI is InChI=1S/C24H29NO7/c1-16(30-21(27)17-11-7-5-8-12-17)20(31-22(28)18-13-9-6-10-14-18)19(15-26)25-23(29)32-24(2,3)4/h5-14,16,19-20,26H,15H2,1-4H3,(H,25,29)/t16-,19+,20-/m1/s1. The average Bonchev–Trinajstić information content (AvgIpc) is 2.75. The van der Waals surface area contributed by atoms with Crippen LogP contribution in [0.3, 0.4) is 0 Å². The Morgan fingerprint density at radius 1 is 0.875 bits per heavy atom. The van der Waals surface area contributed by atoms with Gasteiger partial charge in [-0.25, -0.2) is 14.4 Å². The van der Waals surface area contributed by atoms with E-state index in [1.54, 1.807) is 81.4 Å². The molecule has 0 unspecified atom stereocenters. The number of rotatable bonds is 8. The largest absolute Gasteiger partial charge is 0.455 e. The monoisotopic (exact) mass is 443 g/mol. The van der Waals surface area contributed by atoms with Crippen molar-refractivity contribution in [1.29, 1.82) is 0 Å². The SMILES string of the molecule is C[C@@H](OC(=O)c1ccccc1)[C@@H](OC(=O)c1ccccc1)[C@H](CO)NC(=O)OC(C)(C)C. The first-order chi connectivity index (χ1) is 15.1. The van der Waals surface area contributed by atoms with Crippen LogP contribution >= 0.6 is 0 Å². The van der Waals surface area contributed by atoms with Gasteiger partial charge in [-0.2, -0.15) is 0 Å². The van der Waals surface area contributed by atoms with Crippen molar-refractivity contribution in [2.75, 3.05) is 6.61 Å². The van der Waals surface area contributed by atoms with Crippen molar-refractivity contribution < 1.29 is 33.7 Å². The molecule has 2 rings (SSSR count). The van der Waals surface area contributed by atoms with E-state index in [4.69, 9.17) is 14.2 Å². The minimum atomic E-state index is -1.19. The molecule has 0 aliphatic rings. The lowest BCUT2D eigenvalue weighted by Gasteiger charge is -2.31. The highest BCUT2D eigenvalue weighted by atomic mass is 16.6. The Bertz CT molecular complexity index is 894. The number of ether oxygens (including phenoxy) is 3. The van der Waals surface area contributed by atoms with Gasteiger partial charge >= 0.3 is 18.0 Å². The van der Waals surface area contributed by atoms with Gasteiger partial charge < -0.3 is 24.6 Å². The summed E-state index contributed by atoms with van der Waals surface area (Å²) in [5, 5.41) is 12.4. The van der Waals surface area contributed by atoms with Gasteiger partial charge in [0.15, 0.2) is 6.10 Å². The number of aliphatic hydroxyl groups is 1. The van der Waals surface area contributed by atoms with Crippen LogP contribution in [0.2, 0.25) is 0 Å². The molecular weight excluding hydrogens is 414 g/mol. The van der Waals surface area contributed by atoms with Crippen LogP contribution in [0.4, 0.5) is 4.79 Å². The Labute approximate surface area is 187 Å². The van der Waals surface area contributed by atoms with Crippen LogP contribution in [-0.4, -0.2) is 53.6 Å². The highest BCUT2D eigenvalue weighted by Crippen LogP contribution is 2.16. The number of aliphatic hydroxyl groups excluding tert-OH is 1. The summed E-state index contributed by atoms with van der Waals surface area (Å²) in [5.74, 6) is -1.32. The molecule has 0 aliphatic heterocycles. The molecule has 172 valence electrons. The van der Waals surface area contributed by atoms with Gasteiger partial charge in [0.2, 0.25) is 0 Å². The Balaban J connectivity index is 2.22. The van der Waals surface area contributed by atoms with E-state index in [2.05, 4.69) is 5.32 Å². The lowest BCUT2D eigenvalue weighted by molar-refractivity contribution is -0.0496. The molecule has 3 atom stereocenters. The van der Waals surface area contributed by atoms with E-state index >= 15 is 0 Å². The van der Waals surface area contributed by atoms with Crippen molar-refractivity contribution in [2.45, 2.75) is 51.5 Å². The predicted molar refractivity (Wildman–Crippen MR) is 117 cm³/mol. The molecule has 2 N–H and O–H groups in total. The molecule has 2 aromatic carbocycles. The van der Waals surface area contributed by atoms with Gasteiger partial charge in [0.25, 0.3) is 0 Å². The fourth-order valence-corrected chi connectivity index (χ4v) is 2.84. The van der Waals surface area contributed by atoms with Gasteiger partial charge in [0.1, 0.15) is 11.7 Å². The molecule has 2 aromatic rings. The fraction of sp³-hybridized carbons (Fsp3) is 0.375. The summed E-state index contributed by atoms with van der Waals surface area (Å²) in [5.41, 5.74) is -0.188. The molecular formula is C24H29NO7. The summed E-state index contributed by atoms with van der Waals surface area (Å²) in [6.45, 7) is 6.01. The Hall–Kier alpha value is -3.39. The third-order valence-corrected chi connectivity index (χ3v) is 4.31. The maximum Gasteiger partial charge on any atom is 0.408 e. The second-order valence-electron chi connectivity index (χ2n) is 8.15. The molecule has 1 amide bonds. The van der Waals surface area contributed by atoms with Gasteiger partial charge in [-0.1, -0.05) is 36.4 Å². The molecule has 0 heterocycles. The smallest absolute Gasteiger partial charge is 0.408 e. The molecule has 32 heavy (non-hydrogen) atoms. The van der Waals surface area contributed by atoms with Gasteiger partial charge in [0.05, 0.1) is 23.8 Å². The molecule has 0 aliphatic carbocycles. The molecule has 0 saturated heterocycles. The number of benzene rings is 2. The van der Waals surface area contributed by atoms with E-state index < -0.39 is 48.5 Å². The molecule has 8 nitrogen and oxygen atoms in total. The zero-order valence-electron chi connectivity index (χ0n) is 18.6. The number of hydrogen-bond acceptors (Lipinski definition) is 7. The van der Waals surface area contributed by atoms with Crippen LogP contribution in [0.1, 0.15) is 48.4 Å². The molecule has 0 bridgehead atoms. The van der Waals surface area contributed by atoms with E-state index in [9.17, 15) is 19.5 Å². The van der Waals surface area contributed by atoms with Gasteiger partial charge in [0, 0.05) is 0 Å².